The van der Waals surface area contributed by atoms with Crippen molar-refractivity contribution in [2.45, 2.75) is 0 Å². The summed E-state index contributed by atoms with van der Waals surface area (Å²) in [4.78, 5) is 48.0. The first kappa shape index (κ1) is 40.9. The number of allylic oxidation sites excluding steroid dienone is 1. The molecule has 0 bridgehead atoms. The van der Waals surface area contributed by atoms with Gasteiger partial charge in [-0.2, -0.15) is 9.78 Å². The number of halogens is 1. The second-order valence-electron chi connectivity index (χ2n) is 11.6. The Morgan fingerprint density at radius 2 is 1.26 bits per heavy atom. The normalized spacial score (nSPS) is 14.2. The fraction of sp³-hybridized carbons (Fsp3) is 0.282. The van der Waals surface area contributed by atoms with Crippen molar-refractivity contribution >= 4 is 34.4 Å². The lowest BCUT2D eigenvalue weighted by Crippen LogP contribution is -2.43. The molecule has 5 aromatic rings. The predicted octanol–water partition coefficient (Wildman–Crippen LogP) is 5.59. The highest BCUT2D eigenvalue weighted by atomic mass is 35.5. The number of aliphatic imine (C=N–C) groups is 1. The van der Waals surface area contributed by atoms with Gasteiger partial charge in [-0.3, -0.25) is 29.7 Å². The number of nitrogens with zero attached hydrogens (tertiary/aromatic N) is 10. The molecule has 0 N–H and O–H groups in total. The minimum absolute atomic E-state index is 0.113. The molecule has 0 saturated carbocycles. The first-order chi connectivity index (χ1) is 26.4. The van der Waals surface area contributed by atoms with Gasteiger partial charge >= 0.3 is 11.4 Å². The number of hydrogen-bond acceptors (Lipinski definition) is 11. The van der Waals surface area contributed by atoms with Crippen LogP contribution in [-0.4, -0.2) is 130 Å². The summed E-state index contributed by atoms with van der Waals surface area (Å²) in [6.45, 7) is 5.68. The number of morpholine rings is 2. The van der Waals surface area contributed by atoms with Crippen LogP contribution in [-0.2, 0) is 9.47 Å². The molecule has 3 aliphatic rings. The van der Waals surface area contributed by atoms with Gasteiger partial charge in [0.15, 0.2) is 0 Å². The van der Waals surface area contributed by atoms with E-state index < -0.39 is 0 Å². The first-order valence-electron chi connectivity index (χ1n) is 17.3. The number of amides is 2. The Kier molecular flexibility index (Phi) is 17.9. The van der Waals surface area contributed by atoms with E-state index >= 15 is 0 Å². The van der Waals surface area contributed by atoms with Crippen LogP contribution < -0.4 is 4.90 Å². The van der Waals surface area contributed by atoms with Crippen molar-refractivity contribution in [1.29, 1.82) is 0 Å². The van der Waals surface area contributed by atoms with Crippen LogP contribution in [0.3, 0.4) is 0 Å². The third-order valence-electron chi connectivity index (χ3n) is 7.63. The molecule has 0 unspecified atom stereocenters. The van der Waals surface area contributed by atoms with Crippen molar-refractivity contribution in [3.05, 3.63) is 134 Å². The first-order valence-corrected chi connectivity index (χ1v) is 17.7. The third-order valence-corrected chi connectivity index (χ3v) is 7.87. The van der Waals surface area contributed by atoms with Crippen molar-refractivity contribution in [3.63, 3.8) is 0 Å². The van der Waals surface area contributed by atoms with Gasteiger partial charge in [-0.15, -0.1) is 0 Å². The molecule has 2 fully saturated rings. The number of anilines is 1. The fourth-order valence-electron chi connectivity index (χ4n) is 4.76. The SMILES string of the molecule is C1=CC(c2cccnc2)=NC1.CN(C)c1ccncc1.O=C(Cl)N1CCOCC1.O=C(N1CCOCC1)n1ccc(-c2cccnc2)n1.c1ccncc1. The molecular formula is C39H45ClN10O4. The van der Waals surface area contributed by atoms with E-state index in [1.54, 1.807) is 59.4 Å². The molecule has 15 heteroatoms. The van der Waals surface area contributed by atoms with E-state index in [4.69, 9.17) is 21.1 Å². The number of pyridine rings is 4. The summed E-state index contributed by atoms with van der Waals surface area (Å²) >= 11 is 5.19. The Labute approximate surface area is 320 Å². The summed E-state index contributed by atoms with van der Waals surface area (Å²) in [6.07, 6.45) is 19.9. The van der Waals surface area contributed by atoms with E-state index in [0.717, 1.165) is 29.1 Å². The Balaban J connectivity index is 0.000000160. The van der Waals surface area contributed by atoms with Crippen LogP contribution >= 0.6 is 11.6 Å². The fourth-order valence-corrected chi connectivity index (χ4v) is 4.93. The largest absolute Gasteiger partial charge is 0.378 e. The van der Waals surface area contributed by atoms with Crippen LogP contribution in [0.4, 0.5) is 15.3 Å². The van der Waals surface area contributed by atoms with Gasteiger partial charge in [-0.1, -0.05) is 12.1 Å². The number of carbonyl (C=O) groups is 2. The van der Waals surface area contributed by atoms with E-state index in [-0.39, 0.29) is 11.4 Å². The number of carbonyl (C=O) groups excluding carboxylic acids is 2. The Morgan fingerprint density at radius 3 is 1.70 bits per heavy atom. The molecule has 8 heterocycles. The molecule has 5 aromatic heterocycles. The Bertz CT molecular complexity index is 1810. The van der Waals surface area contributed by atoms with E-state index in [2.05, 4.69) is 30.0 Å². The molecule has 14 nitrogen and oxygen atoms in total. The van der Waals surface area contributed by atoms with Crippen LogP contribution in [0.5, 0.6) is 0 Å². The summed E-state index contributed by atoms with van der Waals surface area (Å²) in [6, 6.07) is 19.1. The minimum atomic E-state index is -0.377. The Hall–Kier alpha value is -5.83. The topological polar surface area (TPSA) is 144 Å². The molecule has 0 aromatic carbocycles. The number of hydrogen-bond donors (Lipinski definition) is 0. The standard InChI is InChI=1S/C13H14N4O2.C9H8N2.C7H10N2.C5H8ClNO2.C5H5N/c18-13(16-6-8-19-9-7-16)17-5-3-12(15-17)11-2-1-4-14-10-11;1-3-8(7-10-5-1)9-4-2-6-11-9;1-9(2)7-3-5-8-6-4-7;6-5(8)7-1-3-9-4-2-7;1-2-4-6-5-3-1/h1-5,10H,6-9H2;1-5,7H,6H2;3-6H,1-2H3;1-4H2;1-5H. The lowest BCUT2D eigenvalue weighted by Gasteiger charge is -2.26. The molecule has 0 spiro atoms. The van der Waals surface area contributed by atoms with Gasteiger partial charge in [-0.25, -0.2) is 4.79 Å². The van der Waals surface area contributed by atoms with Gasteiger partial charge < -0.3 is 24.2 Å². The lowest BCUT2D eigenvalue weighted by atomic mass is 10.2. The van der Waals surface area contributed by atoms with Crippen LogP contribution in [0.1, 0.15) is 5.56 Å². The quantitative estimate of drug-likeness (QED) is 0.169. The molecule has 2 amide bonds. The maximum atomic E-state index is 12.2. The number of ether oxygens (including phenoxy) is 2. The molecule has 54 heavy (non-hydrogen) atoms. The van der Waals surface area contributed by atoms with Gasteiger partial charge in [0.1, 0.15) is 0 Å². The summed E-state index contributed by atoms with van der Waals surface area (Å²) in [7, 11) is 4.02. The van der Waals surface area contributed by atoms with E-state index in [1.165, 1.54) is 10.4 Å². The molecule has 3 aliphatic heterocycles. The van der Waals surface area contributed by atoms with Crippen molar-refractivity contribution in [2.24, 2.45) is 4.99 Å². The van der Waals surface area contributed by atoms with Crippen molar-refractivity contribution in [1.82, 2.24) is 39.5 Å². The predicted molar refractivity (Wildman–Crippen MR) is 210 cm³/mol. The number of rotatable bonds is 3. The monoisotopic (exact) mass is 752 g/mol. The highest BCUT2D eigenvalue weighted by molar-refractivity contribution is 6.62. The van der Waals surface area contributed by atoms with Crippen LogP contribution in [0.2, 0.25) is 0 Å². The molecule has 8 rings (SSSR count). The highest BCUT2D eigenvalue weighted by Crippen LogP contribution is 2.15. The summed E-state index contributed by atoms with van der Waals surface area (Å²) < 4.78 is 11.6. The van der Waals surface area contributed by atoms with Gasteiger partial charge in [0, 0.05) is 113 Å². The van der Waals surface area contributed by atoms with Gasteiger partial charge in [0.2, 0.25) is 0 Å². The maximum Gasteiger partial charge on any atom is 0.344 e. The summed E-state index contributed by atoms with van der Waals surface area (Å²) in [5.74, 6) is 0. The molecule has 0 atom stereocenters. The molecular weight excluding hydrogens is 708 g/mol. The van der Waals surface area contributed by atoms with Crippen molar-refractivity contribution in [3.8, 4) is 11.3 Å². The zero-order chi connectivity index (χ0) is 38.2. The third kappa shape index (κ3) is 14.7. The van der Waals surface area contributed by atoms with Gasteiger partial charge in [-0.05, 0) is 72.3 Å². The maximum absolute atomic E-state index is 12.2. The number of aromatic nitrogens is 6. The smallest absolute Gasteiger partial charge is 0.344 e. The van der Waals surface area contributed by atoms with Gasteiger partial charge in [0.25, 0.3) is 0 Å². The van der Waals surface area contributed by atoms with Gasteiger partial charge in [0.05, 0.1) is 44.4 Å². The summed E-state index contributed by atoms with van der Waals surface area (Å²) in [5, 5.41) is 3.92. The molecule has 2 saturated heterocycles. The zero-order valence-electron chi connectivity index (χ0n) is 30.5. The molecule has 0 radical (unpaired) electrons. The molecule has 0 aliphatic carbocycles. The average molecular weight is 753 g/mol. The Morgan fingerprint density at radius 1 is 0.685 bits per heavy atom. The average Bonchev–Trinajstić information content (AvgIpc) is 3.98. The second kappa shape index (κ2) is 23.7. The van der Waals surface area contributed by atoms with Crippen molar-refractivity contribution < 1.29 is 19.1 Å². The zero-order valence-corrected chi connectivity index (χ0v) is 31.2. The highest BCUT2D eigenvalue weighted by Gasteiger charge is 2.19. The lowest BCUT2D eigenvalue weighted by molar-refractivity contribution is 0.0529. The van der Waals surface area contributed by atoms with Crippen LogP contribution in [0.25, 0.3) is 11.3 Å². The second-order valence-corrected chi connectivity index (χ2v) is 11.9. The van der Waals surface area contributed by atoms with E-state index in [1.807, 2.05) is 98.0 Å². The van der Waals surface area contributed by atoms with E-state index in [0.29, 0.717) is 52.6 Å². The molecule has 282 valence electrons. The van der Waals surface area contributed by atoms with E-state index in [9.17, 15) is 9.59 Å². The van der Waals surface area contributed by atoms with Crippen molar-refractivity contribution in [2.75, 3.05) is 78.1 Å². The minimum Gasteiger partial charge on any atom is -0.378 e. The summed E-state index contributed by atoms with van der Waals surface area (Å²) in [5.41, 5.74) is 4.97. The van der Waals surface area contributed by atoms with Crippen LogP contribution in [0.15, 0.2) is 134 Å². The van der Waals surface area contributed by atoms with Crippen LogP contribution in [0, 0.1) is 0 Å².